The first-order valence-electron chi connectivity index (χ1n) is 6.85. The Kier molecular flexibility index (Phi) is 4.40. The summed E-state index contributed by atoms with van der Waals surface area (Å²) in [5.74, 6) is 0.173. The molecule has 3 rings (SSSR count). The van der Waals surface area contributed by atoms with Crippen LogP contribution in [0.15, 0.2) is 46.9 Å². The zero-order valence-electron chi connectivity index (χ0n) is 12.3. The first kappa shape index (κ1) is 15.6. The van der Waals surface area contributed by atoms with Crippen LogP contribution < -0.4 is 10.6 Å². The molecule has 0 aliphatic heterocycles. The molecule has 1 aromatic heterocycles. The highest BCUT2D eigenvalue weighted by molar-refractivity contribution is 9.10. The molecule has 1 heterocycles. The highest BCUT2D eigenvalue weighted by atomic mass is 79.9. The highest BCUT2D eigenvalue weighted by Crippen LogP contribution is 2.26. The van der Waals surface area contributed by atoms with E-state index in [1.54, 1.807) is 0 Å². The Hall–Kier alpha value is -2.25. The molecule has 0 saturated heterocycles. The Bertz CT molecular complexity index is 902. The van der Waals surface area contributed by atoms with E-state index < -0.39 is 0 Å². The van der Waals surface area contributed by atoms with Gasteiger partial charge in [-0.25, -0.2) is 4.98 Å². The van der Waals surface area contributed by atoms with Gasteiger partial charge in [0.2, 0.25) is 0 Å². The minimum Gasteiger partial charge on any atom is -0.311 e. The number of aryl methyl sites for hydroxylation is 1. The van der Waals surface area contributed by atoms with Crippen LogP contribution in [0.4, 0.5) is 5.13 Å². The first-order valence-corrected chi connectivity index (χ1v) is 8.46. The molecule has 0 amide bonds. The van der Waals surface area contributed by atoms with Gasteiger partial charge in [-0.1, -0.05) is 45.5 Å². The van der Waals surface area contributed by atoms with Gasteiger partial charge in [-0.2, -0.15) is 0 Å². The van der Waals surface area contributed by atoms with Gasteiger partial charge >= 0.3 is 0 Å². The first-order chi connectivity index (χ1) is 11.0. The van der Waals surface area contributed by atoms with Crippen molar-refractivity contribution in [3.63, 3.8) is 0 Å². The third-order valence-corrected chi connectivity index (χ3v) is 4.57. The van der Waals surface area contributed by atoms with Crippen LogP contribution in [-0.4, -0.2) is 16.8 Å². The van der Waals surface area contributed by atoms with E-state index in [1.807, 2.05) is 43.3 Å². The normalized spacial score (nSPS) is 10.5. The van der Waals surface area contributed by atoms with E-state index >= 15 is 0 Å². The number of anilines is 1. The van der Waals surface area contributed by atoms with Gasteiger partial charge in [0.05, 0.1) is 10.2 Å². The lowest BCUT2D eigenvalue weighted by molar-refractivity contribution is 1.22. The van der Waals surface area contributed by atoms with Gasteiger partial charge in [0.15, 0.2) is 11.1 Å². The van der Waals surface area contributed by atoms with Crippen molar-refractivity contribution >= 4 is 54.4 Å². The van der Waals surface area contributed by atoms with Crippen LogP contribution in [0.2, 0.25) is 0 Å². The predicted octanol–water partition coefficient (Wildman–Crippen LogP) is 4.33. The van der Waals surface area contributed by atoms with Gasteiger partial charge in [-0.3, -0.25) is 10.8 Å². The Morgan fingerprint density at radius 3 is 2.78 bits per heavy atom. The third-order valence-electron chi connectivity index (χ3n) is 3.14. The number of hydrogen-bond donors (Lipinski definition) is 4. The number of fused-ring (bicyclic) bond motifs is 1. The summed E-state index contributed by atoms with van der Waals surface area (Å²) in [5, 5.41) is 22.2. The largest absolute Gasteiger partial charge is 0.311 e. The van der Waals surface area contributed by atoms with E-state index in [9.17, 15) is 0 Å². The summed E-state index contributed by atoms with van der Waals surface area (Å²) < 4.78 is 1.96. The maximum atomic E-state index is 8.03. The summed E-state index contributed by atoms with van der Waals surface area (Å²) in [4.78, 5) is 4.44. The van der Waals surface area contributed by atoms with Crippen molar-refractivity contribution in [2.75, 3.05) is 5.32 Å². The van der Waals surface area contributed by atoms with Crippen LogP contribution in [0.3, 0.4) is 0 Å². The molecule has 3 aromatic rings. The molecule has 0 bridgehead atoms. The number of guanidine groups is 1. The van der Waals surface area contributed by atoms with Gasteiger partial charge in [0, 0.05) is 10.0 Å². The molecule has 0 radical (unpaired) electrons. The molecule has 0 saturated carbocycles. The number of nitrogens with one attached hydrogen (secondary N) is 4. The summed E-state index contributed by atoms with van der Waals surface area (Å²) in [6, 6.07) is 13.4. The number of nitrogens with zero attached hydrogens (tertiary/aromatic N) is 1. The second-order valence-electron chi connectivity index (χ2n) is 5.00. The third kappa shape index (κ3) is 3.75. The van der Waals surface area contributed by atoms with Crippen molar-refractivity contribution < 1.29 is 0 Å². The van der Waals surface area contributed by atoms with Gasteiger partial charge < -0.3 is 10.6 Å². The Morgan fingerprint density at radius 2 is 2.00 bits per heavy atom. The molecule has 0 unspecified atom stereocenters. The number of aromatic nitrogens is 1. The molecule has 4 N–H and O–H groups in total. The minimum atomic E-state index is 0.0192. The van der Waals surface area contributed by atoms with Gasteiger partial charge in [0.25, 0.3) is 0 Å². The number of benzene rings is 2. The smallest absolute Gasteiger partial charge is 0.200 e. The summed E-state index contributed by atoms with van der Waals surface area (Å²) in [5.41, 5.74) is 2.78. The van der Waals surface area contributed by atoms with E-state index in [0.29, 0.717) is 10.7 Å². The molecule has 7 heteroatoms. The number of amidine groups is 1. The SMILES string of the molecule is Cc1ccc2nc(NC(=N)NC(=N)c3cccc(Br)c3)sc2c1. The predicted molar refractivity (Wildman–Crippen MR) is 99.8 cm³/mol. The van der Waals surface area contributed by atoms with Gasteiger partial charge in [-0.05, 0) is 36.8 Å². The Labute approximate surface area is 145 Å². The monoisotopic (exact) mass is 387 g/mol. The van der Waals surface area contributed by atoms with E-state index in [-0.39, 0.29) is 11.8 Å². The molecule has 23 heavy (non-hydrogen) atoms. The zero-order valence-corrected chi connectivity index (χ0v) is 14.7. The van der Waals surface area contributed by atoms with E-state index in [4.69, 9.17) is 10.8 Å². The molecule has 0 spiro atoms. The lowest BCUT2D eigenvalue weighted by Crippen LogP contribution is -2.35. The van der Waals surface area contributed by atoms with Crippen molar-refractivity contribution in [1.29, 1.82) is 10.8 Å². The quantitative estimate of drug-likeness (QED) is 0.390. The topological polar surface area (TPSA) is 84.7 Å². The fraction of sp³-hybridized carbons (Fsp3) is 0.0625. The second kappa shape index (κ2) is 6.47. The summed E-state index contributed by atoms with van der Waals surface area (Å²) in [7, 11) is 0. The van der Waals surface area contributed by atoms with Crippen molar-refractivity contribution in [3.05, 3.63) is 58.1 Å². The molecule has 0 aliphatic rings. The van der Waals surface area contributed by atoms with E-state index in [1.165, 1.54) is 16.9 Å². The number of thiazole rings is 1. The lowest BCUT2D eigenvalue weighted by Gasteiger charge is -2.09. The molecule has 2 aromatic carbocycles. The molecule has 116 valence electrons. The standard InChI is InChI=1S/C16H14BrN5S/c1-9-5-6-12-13(7-9)23-16(20-12)22-15(19)21-14(18)10-3-2-4-11(17)8-10/h2-8H,1H3,(H4,18,19,20,21,22). The summed E-state index contributed by atoms with van der Waals surface area (Å²) >= 11 is 4.86. The molecule has 0 atom stereocenters. The minimum absolute atomic E-state index is 0.0192. The van der Waals surface area contributed by atoms with E-state index in [0.717, 1.165) is 14.7 Å². The highest BCUT2D eigenvalue weighted by Gasteiger charge is 2.08. The number of rotatable bonds is 2. The summed E-state index contributed by atoms with van der Waals surface area (Å²) in [6.07, 6.45) is 0. The molecule has 0 aliphatic carbocycles. The Morgan fingerprint density at radius 1 is 1.17 bits per heavy atom. The van der Waals surface area contributed by atoms with Crippen molar-refractivity contribution in [2.24, 2.45) is 0 Å². The average molecular weight is 388 g/mol. The van der Waals surface area contributed by atoms with Crippen LogP contribution >= 0.6 is 27.3 Å². The Balaban J connectivity index is 1.69. The van der Waals surface area contributed by atoms with Crippen molar-refractivity contribution in [1.82, 2.24) is 10.3 Å². The maximum Gasteiger partial charge on any atom is 0.200 e. The lowest BCUT2D eigenvalue weighted by atomic mass is 10.2. The van der Waals surface area contributed by atoms with Crippen LogP contribution in [0, 0.1) is 17.7 Å². The van der Waals surface area contributed by atoms with Crippen LogP contribution in [0.1, 0.15) is 11.1 Å². The molecule has 0 fully saturated rings. The fourth-order valence-corrected chi connectivity index (χ4v) is 3.43. The molecular weight excluding hydrogens is 374 g/mol. The number of hydrogen-bond acceptors (Lipinski definition) is 4. The fourth-order valence-electron chi connectivity index (χ4n) is 2.06. The van der Waals surface area contributed by atoms with Gasteiger partial charge in [-0.15, -0.1) is 0 Å². The second-order valence-corrected chi connectivity index (χ2v) is 6.95. The van der Waals surface area contributed by atoms with Crippen LogP contribution in [0.5, 0.6) is 0 Å². The molecule has 5 nitrogen and oxygen atoms in total. The maximum absolute atomic E-state index is 8.03. The van der Waals surface area contributed by atoms with Crippen LogP contribution in [-0.2, 0) is 0 Å². The van der Waals surface area contributed by atoms with Crippen LogP contribution in [0.25, 0.3) is 10.2 Å². The zero-order chi connectivity index (χ0) is 16.4. The average Bonchev–Trinajstić information content (AvgIpc) is 2.88. The van der Waals surface area contributed by atoms with E-state index in [2.05, 4.69) is 37.6 Å². The van der Waals surface area contributed by atoms with Gasteiger partial charge in [0.1, 0.15) is 5.84 Å². The molecular formula is C16H14BrN5S. The summed E-state index contributed by atoms with van der Waals surface area (Å²) in [6.45, 7) is 2.04. The number of halogens is 1. The van der Waals surface area contributed by atoms with Crippen molar-refractivity contribution in [2.45, 2.75) is 6.92 Å². The van der Waals surface area contributed by atoms with Crippen molar-refractivity contribution in [3.8, 4) is 0 Å².